The molecule has 1 heterocycles. The minimum absolute atomic E-state index is 0.177. The maximum absolute atomic E-state index is 12.5. The number of rotatable bonds is 5. The third-order valence-corrected chi connectivity index (χ3v) is 5.37. The summed E-state index contributed by atoms with van der Waals surface area (Å²) < 4.78 is 10.7. The Morgan fingerprint density at radius 2 is 1.57 bits per heavy atom. The maximum atomic E-state index is 12.5. The average Bonchev–Trinajstić information content (AvgIpc) is 2.82. The van der Waals surface area contributed by atoms with Crippen LogP contribution in [0.5, 0.6) is 5.75 Å². The van der Waals surface area contributed by atoms with Gasteiger partial charge >= 0.3 is 5.97 Å². The molecule has 0 spiro atoms. The van der Waals surface area contributed by atoms with Crippen LogP contribution in [0.15, 0.2) is 66.7 Å². The lowest BCUT2D eigenvalue weighted by atomic mass is 10.1. The first-order chi connectivity index (χ1) is 14.7. The summed E-state index contributed by atoms with van der Waals surface area (Å²) in [6, 6.07) is 21.0. The highest BCUT2D eigenvalue weighted by Crippen LogP contribution is 2.28. The molecule has 0 saturated carbocycles. The van der Waals surface area contributed by atoms with Crippen LogP contribution in [-0.4, -0.2) is 56.7 Å². The van der Waals surface area contributed by atoms with Crippen molar-refractivity contribution in [2.45, 2.75) is 0 Å². The highest BCUT2D eigenvalue weighted by Gasteiger charge is 2.23. The van der Waals surface area contributed by atoms with Crippen molar-refractivity contribution in [3.05, 3.63) is 72.3 Å². The standard InChI is InChI=1S/C24H24N2O4/c1-29-22-9-5-4-8-21(22)25-12-14-26(15-13-25)23(27)17-30-24(28)20-11-10-18-6-2-3-7-19(18)16-20/h2-11,16H,12-15,17H2,1H3. The van der Waals surface area contributed by atoms with Gasteiger partial charge in [0.05, 0.1) is 18.4 Å². The molecule has 1 fully saturated rings. The molecule has 0 N–H and O–H groups in total. The van der Waals surface area contributed by atoms with Crippen LogP contribution in [0.2, 0.25) is 0 Å². The number of hydrogen-bond donors (Lipinski definition) is 0. The molecular formula is C24H24N2O4. The Morgan fingerprint density at radius 3 is 2.33 bits per heavy atom. The topological polar surface area (TPSA) is 59.1 Å². The maximum Gasteiger partial charge on any atom is 0.338 e. The normalized spacial score (nSPS) is 13.9. The molecule has 0 atom stereocenters. The molecule has 30 heavy (non-hydrogen) atoms. The van der Waals surface area contributed by atoms with Gasteiger partial charge in [-0.05, 0) is 35.0 Å². The lowest BCUT2D eigenvalue weighted by molar-refractivity contribution is -0.134. The van der Waals surface area contributed by atoms with E-state index >= 15 is 0 Å². The van der Waals surface area contributed by atoms with Gasteiger partial charge in [0.1, 0.15) is 5.75 Å². The monoisotopic (exact) mass is 404 g/mol. The Kier molecular flexibility index (Phi) is 5.84. The number of carbonyl (C=O) groups is 2. The molecule has 0 bridgehead atoms. The van der Waals surface area contributed by atoms with Crippen LogP contribution < -0.4 is 9.64 Å². The number of piperazine rings is 1. The molecule has 4 rings (SSSR count). The molecule has 0 radical (unpaired) electrons. The van der Waals surface area contributed by atoms with E-state index in [4.69, 9.17) is 9.47 Å². The van der Waals surface area contributed by atoms with Crippen LogP contribution in [0.3, 0.4) is 0 Å². The number of fused-ring (bicyclic) bond motifs is 1. The zero-order chi connectivity index (χ0) is 20.9. The molecule has 6 nitrogen and oxygen atoms in total. The average molecular weight is 404 g/mol. The van der Waals surface area contributed by atoms with E-state index < -0.39 is 5.97 Å². The molecule has 0 unspecified atom stereocenters. The summed E-state index contributed by atoms with van der Waals surface area (Å²) in [5.41, 5.74) is 1.47. The van der Waals surface area contributed by atoms with Crippen LogP contribution >= 0.6 is 0 Å². The molecule has 3 aromatic rings. The minimum Gasteiger partial charge on any atom is -0.495 e. The number of benzene rings is 3. The fraction of sp³-hybridized carbons (Fsp3) is 0.250. The van der Waals surface area contributed by atoms with Gasteiger partial charge in [-0.25, -0.2) is 4.79 Å². The molecule has 1 saturated heterocycles. The second kappa shape index (κ2) is 8.86. The number of hydrogen-bond acceptors (Lipinski definition) is 5. The predicted octanol–water partition coefficient (Wildman–Crippen LogP) is 3.35. The Bertz CT molecular complexity index is 1060. The van der Waals surface area contributed by atoms with Crippen LogP contribution in [0.4, 0.5) is 5.69 Å². The number of amides is 1. The fourth-order valence-electron chi connectivity index (χ4n) is 3.71. The Morgan fingerprint density at radius 1 is 0.867 bits per heavy atom. The van der Waals surface area contributed by atoms with Gasteiger partial charge in [-0.3, -0.25) is 4.79 Å². The Labute approximate surface area is 175 Å². The quantitative estimate of drug-likeness (QED) is 0.611. The zero-order valence-electron chi connectivity index (χ0n) is 16.9. The third kappa shape index (κ3) is 4.22. The van der Waals surface area contributed by atoms with Crippen molar-refractivity contribution >= 4 is 28.3 Å². The third-order valence-electron chi connectivity index (χ3n) is 5.37. The van der Waals surface area contributed by atoms with E-state index in [1.165, 1.54) is 0 Å². The number of methoxy groups -OCH3 is 1. The molecule has 6 heteroatoms. The van der Waals surface area contributed by atoms with Crippen molar-refractivity contribution in [2.75, 3.05) is 44.8 Å². The number of anilines is 1. The van der Waals surface area contributed by atoms with Gasteiger partial charge in [0.25, 0.3) is 5.91 Å². The van der Waals surface area contributed by atoms with E-state index in [1.54, 1.807) is 24.1 Å². The van der Waals surface area contributed by atoms with E-state index in [-0.39, 0.29) is 12.5 Å². The van der Waals surface area contributed by atoms with E-state index in [0.717, 1.165) is 22.2 Å². The van der Waals surface area contributed by atoms with Gasteiger partial charge in [0.2, 0.25) is 0 Å². The van der Waals surface area contributed by atoms with Crippen molar-refractivity contribution < 1.29 is 19.1 Å². The molecule has 0 aromatic heterocycles. The van der Waals surface area contributed by atoms with Crippen molar-refractivity contribution in [1.29, 1.82) is 0 Å². The first-order valence-electron chi connectivity index (χ1n) is 9.97. The minimum atomic E-state index is -0.484. The van der Waals surface area contributed by atoms with Gasteiger partial charge in [0.15, 0.2) is 6.61 Å². The number of para-hydroxylation sites is 2. The zero-order valence-corrected chi connectivity index (χ0v) is 16.9. The van der Waals surface area contributed by atoms with Crippen molar-refractivity contribution in [2.24, 2.45) is 0 Å². The summed E-state index contributed by atoms with van der Waals surface area (Å²) in [5, 5.41) is 2.02. The lowest BCUT2D eigenvalue weighted by Crippen LogP contribution is -2.50. The molecule has 1 aliphatic heterocycles. The Balaban J connectivity index is 1.31. The van der Waals surface area contributed by atoms with Gasteiger partial charge < -0.3 is 19.3 Å². The van der Waals surface area contributed by atoms with E-state index in [9.17, 15) is 9.59 Å². The summed E-state index contributed by atoms with van der Waals surface area (Å²) in [6.45, 7) is 2.30. The molecular weight excluding hydrogens is 380 g/mol. The van der Waals surface area contributed by atoms with E-state index in [1.807, 2.05) is 54.6 Å². The summed E-state index contributed by atoms with van der Waals surface area (Å²) in [4.78, 5) is 28.8. The van der Waals surface area contributed by atoms with Crippen molar-refractivity contribution in [3.8, 4) is 5.75 Å². The van der Waals surface area contributed by atoms with Crippen LogP contribution in [0, 0.1) is 0 Å². The van der Waals surface area contributed by atoms with Crippen molar-refractivity contribution in [1.82, 2.24) is 4.90 Å². The van der Waals surface area contributed by atoms with Gasteiger partial charge in [0, 0.05) is 26.2 Å². The van der Waals surface area contributed by atoms with Gasteiger partial charge in [-0.15, -0.1) is 0 Å². The predicted molar refractivity (Wildman–Crippen MR) is 116 cm³/mol. The summed E-state index contributed by atoms with van der Waals surface area (Å²) >= 11 is 0. The molecule has 0 aliphatic carbocycles. The molecule has 1 aliphatic rings. The molecule has 3 aromatic carbocycles. The second-order valence-electron chi connectivity index (χ2n) is 7.18. The number of esters is 1. The lowest BCUT2D eigenvalue weighted by Gasteiger charge is -2.36. The first-order valence-corrected chi connectivity index (χ1v) is 9.97. The molecule has 1 amide bonds. The first kappa shape index (κ1) is 19.8. The fourth-order valence-corrected chi connectivity index (χ4v) is 3.71. The number of carbonyl (C=O) groups excluding carboxylic acids is 2. The summed E-state index contributed by atoms with van der Waals surface area (Å²) in [7, 11) is 1.66. The van der Waals surface area contributed by atoms with Gasteiger partial charge in [-0.2, -0.15) is 0 Å². The largest absolute Gasteiger partial charge is 0.495 e. The second-order valence-corrected chi connectivity index (χ2v) is 7.18. The smallest absolute Gasteiger partial charge is 0.338 e. The SMILES string of the molecule is COc1ccccc1N1CCN(C(=O)COC(=O)c2ccc3ccccc3c2)CC1. The highest BCUT2D eigenvalue weighted by atomic mass is 16.5. The van der Waals surface area contributed by atoms with E-state index in [2.05, 4.69) is 4.90 Å². The van der Waals surface area contributed by atoms with Crippen LogP contribution in [0.1, 0.15) is 10.4 Å². The van der Waals surface area contributed by atoms with E-state index in [0.29, 0.717) is 31.7 Å². The Hall–Kier alpha value is -3.54. The summed E-state index contributed by atoms with van der Waals surface area (Å²) in [5.74, 6) is 0.159. The number of nitrogens with zero attached hydrogens (tertiary/aromatic N) is 2. The van der Waals surface area contributed by atoms with Gasteiger partial charge in [-0.1, -0.05) is 42.5 Å². The van der Waals surface area contributed by atoms with Crippen LogP contribution in [-0.2, 0) is 9.53 Å². The van der Waals surface area contributed by atoms with Crippen molar-refractivity contribution in [3.63, 3.8) is 0 Å². The summed E-state index contributed by atoms with van der Waals surface area (Å²) in [6.07, 6.45) is 0. The van der Waals surface area contributed by atoms with Crippen LogP contribution in [0.25, 0.3) is 10.8 Å². The highest BCUT2D eigenvalue weighted by molar-refractivity contribution is 5.96. The number of ether oxygens (including phenoxy) is 2. The molecule has 154 valence electrons.